The van der Waals surface area contributed by atoms with Crippen molar-refractivity contribution >= 4 is 39.0 Å². The summed E-state index contributed by atoms with van der Waals surface area (Å²) in [5, 5.41) is 14.1. The first-order valence-corrected chi connectivity index (χ1v) is 10.4. The first kappa shape index (κ1) is 16.9. The second-order valence-electron chi connectivity index (χ2n) is 7.16. The first-order valence-electron chi connectivity index (χ1n) is 9.46. The van der Waals surface area contributed by atoms with E-state index in [1.807, 2.05) is 30.6 Å². The zero-order chi connectivity index (χ0) is 20.1. The summed E-state index contributed by atoms with van der Waals surface area (Å²) in [5.41, 5.74) is 14.5. The number of benzene rings is 1. The Kier molecular flexibility index (Phi) is 3.69. The van der Waals surface area contributed by atoms with Gasteiger partial charge in [0, 0.05) is 34.9 Å². The minimum atomic E-state index is 0.641. The number of H-pyrrole nitrogens is 2. The predicted octanol–water partition coefficient (Wildman–Crippen LogP) is 5.48. The van der Waals surface area contributed by atoms with Gasteiger partial charge in [0.2, 0.25) is 0 Å². The molecule has 0 radical (unpaired) electrons. The number of anilines is 1. The van der Waals surface area contributed by atoms with Gasteiger partial charge in [0.1, 0.15) is 11.3 Å². The van der Waals surface area contributed by atoms with Crippen molar-refractivity contribution in [1.82, 2.24) is 25.1 Å². The predicted molar refractivity (Wildman–Crippen MR) is 122 cm³/mol. The Labute approximate surface area is 175 Å². The number of nitrogens with two attached hydrogens (primary N) is 1. The molecule has 6 aromatic rings. The third kappa shape index (κ3) is 2.67. The van der Waals surface area contributed by atoms with Gasteiger partial charge in [-0.2, -0.15) is 16.4 Å². The molecule has 6 nitrogen and oxygen atoms in total. The Morgan fingerprint density at radius 1 is 0.900 bits per heavy atom. The van der Waals surface area contributed by atoms with E-state index in [0.29, 0.717) is 5.69 Å². The molecular formula is C23H16N6S. The molecular weight excluding hydrogens is 392 g/mol. The van der Waals surface area contributed by atoms with Gasteiger partial charge in [-0.1, -0.05) is 6.07 Å². The van der Waals surface area contributed by atoms with E-state index in [2.05, 4.69) is 60.2 Å². The summed E-state index contributed by atoms with van der Waals surface area (Å²) in [6, 6.07) is 14.4. The third-order valence-electron chi connectivity index (χ3n) is 5.27. The van der Waals surface area contributed by atoms with Crippen molar-refractivity contribution in [2.24, 2.45) is 0 Å². The van der Waals surface area contributed by atoms with Crippen molar-refractivity contribution in [1.29, 1.82) is 0 Å². The molecule has 0 unspecified atom stereocenters. The standard InChI is InChI=1S/C23H16N6S/c24-16-7-15(10-25-11-16)13-1-2-20-19(8-13)22(29-28-20)21-9-18-17(14-4-6-30-12-14)3-5-26-23(18)27-21/h1-12H,24H2,(H,26,27)(H,28,29). The van der Waals surface area contributed by atoms with Gasteiger partial charge in [0.05, 0.1) is 16.9 Å². The quantitative estimate of drug-likeness (QED) is 0.361. The van der Waals surface area contributed by atoms with Crippen LogP contribution in [-0.2, 0) is 0 Å². The molecule has 4 N–H and O–H groups in total. The van der Waals surface area contributed by atoms with E-state index in [9.17, 15) is 0 Å². The highest BCUT2D eigenvalue weighted by Gasteiger charge is 2.15. The second-order valence-corrected chi connectivity index (χ2v) is 7.94. The Morgan fingerprint density at radius 2 is 1.87 bits per heavy atom. The van der Waals surface area contributed by atoms with Crippen molar-refractivity contribution in [3.05, 3.63) is 71.8 Å². The lowest BCUT2D eigenvalue weighted by molar-refractivity contribution is 1.12. The molecule has 0 saturated heterocycles. The van der Waals surface area contributed by atoms with Crippen molar-refractivity contribution in [3.63, 3.8) is 0 Å². The van der Waals surface area contributed by atoms with Crippen LogP contribution in [0.5, 0.6) is 0 Å². The number of pyridine rings is 2. The maximum Gasteiger partial charge on any atom is 0.138 e. The van der Waals surface area contributed by atoms with Crippen LogP contribution in [-0.4, -0.2) is 25.1 Å². The highest BCUT2D eigenvalue weighted by Crippen LogP contribution is 2.35. The fraction of sp³-hybridized carbons (Fsp3) is 0. The van der Waals surface area contributed by atoms with Crippen molar-refractivity contribution in [2.75, 3.05) is 5.73 Å². The lowest BCUT2D eigenvalue weighted by Crippen LogP contribution is -1.87. The molecule has 0 aliphatic heterocycles. The molecule has 5 aromatic heterocycles. The summed E-state index contributed by atoms with van der Waals surface area (Å²) < 4.78 is 0. The van der Waals surface area contributed by atoms with Gasteiger partial charge in [-0.25, -0.2) is 4.98 Å². The topological polar surface area (TPSA) is 96.3 Å². The van der Waals surface area contributed by atoms with Crippen LogP contribution in [0.25, 0.3) is 55.6 Å². The summed E-state index contributed by atoms with van der Waals surface area (Å²) in [7, 11) is 0. The molecule has 144 valence electrons. The van der Waals surface area contributed by atoms with Crippen molar-refractivity contribution in [3.8, 4) is 33.6 Å². The lowest BCUT2D eigenvalue weighted by atomic mass is 10.0. The zero-order valence-electron chi connectivity index (χ0n) is 15.8. The van der Waals surface area contributed by atoms with Gasteiger partial charge < -0.3 is 10.7 Å². The van der Waals surface area contributed by atoms with Gasteiger partial charge in [-0.15, -0.1) is 0 Å². The largest absolute Gasteiger partial charge is 0.397 e. The number of hydrogen-bond acceptors (Lipinski definition) is 5. The van der Waals surface area contributed by atoms with Gasteiger partial charge in [-0.3, -0.25) is 10.1 Å². The molecule has 0 atom stereocenters. The van der Waals surface area contributed by atoms with E-state index in [4.69, 9.17) is 5.73 Å². The molecule has 5 heterocycles. The van der Waals surface area contributed by atoms with Crippen LogP contribution in [0.3, 0.4) is 0 Å². The number of nitrogens with one attached hydrogen (secondary N) is 2. The molecule has 0 aliphatic rings. The van der Waals surface area contributed by atoms with Crippen LogP contribution < -0.4 is 5.73 Å². The van der Waals surface area contributed by atoms with Crippen molar-refractivity contribution < 1.29 is 0 Å². The molecule has 0 amide bonds. The van der Waals surface area contributed by atoms with Crippen molar-refractivity contribution in [2.45, 2.75) is 0 Å². The van der Waals surface area contributed by atoms with Crippen LogP contribution in [0.4, 0.5) is 5.69 Å². The fourth-order valence-electron chi connectivity index (χ4n) is 3.84. The minimum Gasteiger partial charge on any atom is -0.397 e. The van der Waals surface area contributed by atoms with Gasteiger partial charge >= 0.3 is 0 Å². The van der Waals surface area contributed by atoms with Crippen LogP contribution >= 0.6 is 11.3 Å². The zero-order valence-corrected chi connectivity index (χ0v) is 16.6. The van der Waals surface area contributed by atoms with Crippen LogP contribution in [0.2, 0.25) is 0 Å². The number of nitrogens with zero attached hydrogens (tertiary/aromatic N) is 3. The molecule has 0 saturated carbocycles. The van der Waals surface area contributed by atoms with Gasteiger partial charge in [-0.05, 0) is 63.8 Å². The van der Waals surface area contributed by atoms with Gasteiger partial charge in [0.15, 0.2) is 0 Å². The van der Waals surface area contributed by atoms with Crippen LogP contribution in [0.15, 0.2) is 71.8 Å². The normalized spacial score (nSPS) is 11.5. The SMILES string of the molecule is Nc1cncc(-c2ccc3[nH]nc(-c4cc5c(-c6ccsc6)ccnc5[nH]4)c3c2)c1. The highest BCUT2D eigenvalue weighted by atomic mass is 32.1. The van der Waals surface area contributed by atoms with E-state index in [1.165, 1.54) is 5.56 Å². The summed E-state index contributed by atoms with van der Waals surface area (Å²) in [6.07, 6.45) is 5.30. The number of rotatable bonds is 3. The van der Waals surface area contributed by atoms with Crippen LogP contribution in [0, 0.1) is 0 Å². The van der Waals surface area contributed by atoms with E-state index < -0.39 is 0 Å². The number of thiophene rings is 1. The summed E-state index contributed by atoms with van der Waals surface area (Å²) >= 11 is 1.69. The molecule has 1 aromatic carbocycles. The monoisotopic (exact) mass is 408 g/mol. The minimum absolute atomic E-state index is 0.641. The average molecular weight is 408 g/mol. The van der Waals surface area contributed by atoms with Crippen LogP contribution in [0.1, 0.15) is 0 Å². The number of fused-ring (bicyclic) bond motifs is 2. The first-order chi connectivity index (χ1) is 14.8. The number of aromatic nitrogens is 5. The second kappa shape index (κ2) is 6.53. The van der Waals surface area contributed by atoms with E-state index >= 15 is 0 Å². The number of nitrogen functional groups attached to an aromatic ring is 1. The molecule has 0 bridgehead atoms. The Morgan fingerprint density at radius 3 is 2.73 bits per heavy atom. The summed E-state index contributed by atoms with van der Waals surface area (Å²) in [6.45, 7) is 0. The Bertz CT molecular complexity index is 1510. The summed E-state index contributed by atoms with van der Waals surface area (Å²) in [4.78, 5) is 12.2. The fourth-order valence-corrected chi connectivity index (χ4v) is 4.49. The highest BCUT2D eigenvalue weighted by molar-refractivity contribution is 7.08. The number of hydrogen-bond donors (Lipinski definition) is 3. The summed E-state index contributed by atoms with van der Waals surface area (Å²) in [5.74, 6) is 0. The molecule has 30 heavy (non-hydrogen) atoms. The van der Waals surface area contributed by atoms with E-state index in [0.717, 1.165) is 50.0 Å². The van der Waals surface area contributed by atoms with E-state index in [-0.39, 0.29) is 0 Å². The van der Waals surface area contributed by atoms with Gasteiger partial charge in [0.25, 0.3) is 0 Å². The Balaban J connectivity index is 1.52. The molecule has 0 spiro atoms. The third-order valence-corrected chi connectivity index (χ3v) is 5.96. The Hall–Kier alpha value is -3.97. The molecule has 0 aliphatic carbocycles. The maximum absolute atomic E-state index is 5.91. The molecule has 0 fully saturated rings. The smallest absolute Gasteiger partial charge is 0.138 e. The number of aromatic amines is 2. The lowest BCUT2D eigenvalue weighted by Gasteiger charge is -2.03. The molecule has 7 heteroatoms. The maximum atomic E-state index is 5.91. The molecule has 6 rings (SSSR count). The average Bonchev–Trinajstić information content (AvgIpc) is 3.51. The van der Waals surface area contributed by atoms with E-state index in [1.54, 1.807) is 17.5 Å².